The van der Waals surface area contributed by atoms with E-state index < -0.39 is 12.0 Å². The standard InChI is InChI=1S/C19H22N2O4/c1-24-16-9-3-7-14(18(16)25-2)17(13-6-4-10-20-12-13)21-11-5-8-15(21)19(22)23/h3-4,6-7,9-10,12,15,17H,5,8,11H2,1-2H3,(H,22,23). The maximum atomic E-state index is 11.7. The molecule has 1 aromatic carbocycles. The molecule has 0 aliphatic carbocycles. The van der Waals surface area contributed by atoms with Crippen LogP contribution in [0.4, 0.5) is 0 Å². The maximum absolute atomic E-state index is 11.7. The SMILES string of the molecule is COc1cccc(C(c2cccnc2)N2CCCC2C(=O)O)c1OC. The molecule has 0 amide bonds. The molecule has 1 aliphatic heterocycles. The van der Waals surface area contributed by atoms with Crippen LogP contribution in [0.15, 0.2) is 42.7 Å². The second-order valence-electron chi connectivity index (χ2n) is 6.01. The van der Waals surface area contributed by atoms with Crippen LogP contribution in [-0.2, 0) is 4.79 Å². The zero-order chi connectivity index (χ0) is 17.8. The van der Waals surface area contributed by atoms with E-state index in [2.05, 4.69) is 4.98 Å². The van der Waals surface area contributed by atoms with Crippen LogP contribution >= 0.6 is 0 Å². The Hall–Kier alpha value is -2.60. The molecule has 6 heteroatoms. The van der Waals surface area contributed by atoms with Gasteiger partial charge in [0.25, 0.3) is 0 Å². The summed E-state index contributed by atoms with van der Waals surface area (Å²) in [5.74, 6) is 0.447. The molecule has 1 aromatic heterocycles. The zero-order valence-electron chi connectivity index (χ0n) is 14.4. The fourth-order valence-corrected chi connectivity index (χ4v) is 3.58. The smallest absolute Gasteiger partial charge is 0.320 e. The normalized spacial score (nSPS) is 18.7. The molecule has 2 atom stereocenters. The molecule has 1 N–H and O–H groups in total. The number of likely N-dealkylation sites (tertiary alicyclic amines) is 1. The number of hydrogen-bond donors (Lipinski definition) is 1. The lowest BCUT2D eigenvalue weighted by Crippen LogP contribution is -2.39. The highest BCUT2D eigenvalue weighted by Crippen LogP contribution is 2.42. The van der Waals surface area contributed by atoms with Gasteiger partial charge in [-0.25, -0.2) is 0 Å². The summed E-state index contributed by atoms with van der Waals surface area (Å²) >= 11 is 0. The first-order valence-corrected chi connectivity index (χ1v) is 8.26. The molecule has 1 saturated heterocycles. The predicted molar refractivity (Wildman–Crippen MR) is 93.0 cm³/mol. The van der Waals surface area contributed by atoms with Crippen molar-refractivity contribution in [2.75, 3.05) is 20.8 Å². The molecule has 2 heterocycles. The fraction of sp³-hybridized carbons (Fsp3) is 0.368. The number of rotatable bonds is 6. The topological polar surface area (TPSA) is 71.9 Å². The predicted octanol–water partition coefficient (Wildman–Crippen LogP) is 2.74. The molecule has 25 heavy (non-hydrogen) atoms. The van der Waals surface area contributed by atoms with Gasteiger partial charge in [-0.15, -0.1) is 0 Å². The minimum absolute atomic E-state index is 0.262. The third-order valence-electron chi connectivity index (χ3n) is 4.64. The van der Waals surface area contributed by atoms with Gasteiger partial charge in [0.15, 0.2) is 11.5 Å². The first-order valence-electron chi connectivity index (χ1n) is 8.26. The molecule has 1 fully saturated rings. The summed E-state index contributed by atoms with van der Waals surface area (Å²) in [4.78, 5) is 18.0. The minimum atomic E-state index is -0.798. The quantitative estimate of drug-likeness (QED) is 0.870. The van der Waals surface area contributed by atoms with Gasteiger partial charge in [0.1, 0.15) is 6.04 Å². The van der Waals surface area contributed by atoms with E-state index >= 15 is 0 Å². The van der Waals surface area contributed by atoms with E-state index in [0.29, 0.717) is 24.5 Å². The van der Waals surface area contributed by atoms with Crippen LogP contribution in [0, 0.1) is 0 Å². The number of carbonyl (C=O) groups is 1. The Morgan fingerprint density at radius 3 is 2.76 bits per heavy atom. The first kappa shape index (κ1) is 17.2. The summed E-state index contributed by atoms with van der Waals surface area (Å²) in [6, 6.07) is 8.72. The van der Waals surface area contributed by atoms with Crippen molar-refractivity contribution in [3.63, 3.8) is 0 Å². The number of pyridine rings is 1. The molecular formula is C19H22N2O4. The monoisotopic (exact) mass is 342 g/mol. The van der Waals surface area contributed by atoms with Gasteiger partial charge in [-0.05, 0) is 30.5 Å². The van der Waals surface area contributed by atoms with Crippen molar-refractivity contribution in [3.05, 3.63) is 53.9 Å². The maximum Gasteiger partial charge on any atom is 0.320 e. The summed E-state index contributed by atoms with van der Waals surface area (Å²) in [7, 11) is 3.19. The Kier molecular flexibility index (Phi) is 5.19. The number of benzene rings is 1. The summed E-state index contributed by atoms with van der Waals surface area (Å²) in [5, 5.41) is 9.64. The van der Waals surface area contributed by atoms with Crippen molar-refractivity contribution in [1.82, 2.24) is 9.88 Å². The lowest BCUT2D eigenvalue weighted by molar-refractivity contribution is -0.142. The van der Waals surface area contributed by atoms with Gasteiger partial charge in [-0.3, -0.25) is 14.7 Å². The lowest BCUT2D eigenvalue weighted by Gasteiger charge is -2.32. The highest BCUT2D eigenvalue weighted by molar-refractivity contribution is 5.74. The van der Waals surface area contributed by atoms with E-state index in [-0.39, 0.29) is 6.04 Å². The van der Waals surface area contributed by atoms with Crippen molar-refractivity contribution in [2.24, 2.45) is 0 Å². The third kappa shape index (κ3) is 3.30. The van der Waals surface area contributed by atoms with Gasteiger partial charge < -0.3 is 14.6 Å². The van der Waals surface area contributed by atoms with Crippen LogP contribution in [-0.4, -0.2) is 47.8 Å². The molecule has 2 aromatic rings. The number of para-hydroxylation sites is 1. The van der Waals surface area contributed by atoms with Crippen molar-refractivity contribution in [2.45, 2.75) is 24.9 Å². The Labute approximate surface area is 147 Å². The molecule has 0 spiro atoms. The lowest BCUT2D eigenvalue weighted by atomic mass is 9.96. The highest BCUT2D eigenvalue weighted by atomic mass is 16.5. The number of nitrogens with zero attached hydrogens (tertiary/aromatic N) is 2. The van der Waals surface area contributed by atoms with E-state index in [9.17, 15) is 9.90 Å². The summed E-state index contributed by atoms with van der Waals surface area (Å²) in [6.45, 7) is 0.705. The molecule has 1 aliphatic rings. The average Bonchev–Trinajstić information content (AvgIpc) is 3.12. The van der Waals surface area contributed by atoms with Crippen molar-refractivity contribution in [1.29, 1.82) is 0 Å². The first-order chi connectivity index (χ1) is 12.2. The molecule has 3 rings (SSSR count). The van der Waals surface area contributed by atoms with E-state index in [1.54, 1.807) is 26.6 Å². The zero-order valence-corrected chi connectivity index (χ0v) is 14.4. The van der Waals surface area contributed by atoms with Gasteiger partial charge in [0, 0.05) is 24.5 Å². The third-order valence-corrected chi connectivity index (χ3v) is 4.64. The van der Waals surface area contributed by atoms with Crippen LogP contribution in [0.1, 0.15) is 30.0 Å². The van der Waals surface area contributed by atoms with Crippen LogP contribution in [0.2, 0.25) is 0 Å². The van der Waals surface area contributed by atoms with Gasteiger partial charge in [0.05, 0.1) is 20.3 Å². The Morgan fingerprint density at radius 2 is 2.12 bits per heavy atom. The Bertz CT molecular complexity index is 735. The van der Waals surface area contributed by atoms with Crippen molar-refractivity contribution in [3.8, 4) is 11.5 Å². The van der Waals surface area contributed by atoms with Gasteiger partial charge in [0.2, 0.25) is 0 Å². The van der Waals surface area contributed by atoms with E-state index in [0.717, 1.165) is 17.5 Å². The van der Waals surface area contributed by atoms with Gasteiger partial charge in [-0.2, -0.15) is 0 Å². The Morgan fingerprint density at radius 1 is 1.28 bits per heavy atom. The molecule has 0 radical (unpaired) electrons. The minimum Gasteiger partial charge on any atom is -0.493 e. The second-order valence-corrected chi connectivity index (χ2v) is 6.01. The number of aromatic nitrogens is 1. The van der Waals surface area contributed by atoms with Crippen LogP contribution in [0.5, 0.6) is 11.5 Å². The number of carboxylic acid groups (broad SMARTS) is 1. The number of ether oxygens (including phenoxy) is 2. The number of aliphatic carboxylic acids is 1. The molecule has 0 bridgehead atoms. The molecular weight excluding hydrogens is 320 g/mol. The summed E-state index contributed by atoms with van der Waals surface area (Å²) in [6.07, 6.45) is 4.97. The second kappa shape index (κ2) is 7.53. The summed E-state index contributed by atoms with van der Waals surface area (Å²) < 4.78 is 11.0. The van der Waals surface area contributed by atoms with Crippen molar-refractivity contribution >= 4 is 5.97 Å². The fourth-order valence-electron chi connectivity index (χ4n) is 3.58. The molecule has 2 unspecified atom stereocenters. The van der Waals surface area contributed by atoms with Crippen LogP contribution in [0.3, 0.4) is 0 Å². The van der Waals surface area contributed by atoms with Gasteiger partial charge >= 0.3 is 5.97 Å². The Balaban J connectivity index is 2.15. The van der Waals surface area contributed by atoms with E-state index in [1.807, 2.05) is 35.2 Å². The highest BCUT2D eigenvalue weighted by Gasteiger charge is 2.38. The average molecular weight is 342 g/mol. The largest absolute Gasteiger partial charge is 0.493 e. The molecule has 132 valence electrons. The van der Waals surface area contributed by atoms with Crippen molar-refractivity contribution < 1.29 is 19.4 Å². The molecule has 0 saturated carbocycles. The van der Waals surface area contributed by atoms with Gasteiger partial charge in [-0.1, -0.05) is 18.2 Å². The van der Waals surface area contributed by atoms with Crippen LogP contribution < -0.4 is 9.47 Å². The van der Waals surface area contributed by atoms with E-state index in [4.69, 9.17) is 9.47 Å². The number of methoxy groups -OCH3 is 2. The number of carboxylic acids is 1. The van der Waals surface area contributed by atoms with Crippen LogP contribution in [0.25, 0.3) is 0 Å². The summed E-state index contributed by atoms with van der Waals surface area (Å²) in [5.41, 5.74) is 1.81. The number of hydrogen-bond acceptors (Lipinski definition) is 5. The molecule has 6 nitrogen and oxygen atoms in total. The van der Waals surface area contributed by atoms with E-state index in [1.165, 1.54) is 0 Å².